The number of nitro groups is 1. The van der Waals surface area contributed by atoms with E-state index in [4.69, 9.17) is 5.73 Å². The van der Waals surface area contributed by atoms with Gasteiger partial charge in [0, 0.05) is 12.2 Å². The van der Waals surface area contributed by atoms with Gasteiger partial charge >= 0.3 is 0 Å². The van der Waals surface area contributed by atoms with Crippen LogP contribution in [0.25, 0.3) is 0 Å². The molecule has 0 aliphatic carbocycles. The van der Waals surface area contributed by atoms with Crippen molar-refractivity contribution in [3.63, 3.8) is 0 Å². The maximum absolute atomic E-state index is 10.9. The summed E-state index contributed by atoms with van der Waals surface area (Å²) in [6, 6.07) is 10.7. The Labute approximate surface area is 109 Å². The van der Waals surface area contributed by atoms with E-state index in [1.165, 1.54) is 17.7 Å². The minimum absolute atomic E-state index is 0.0353. The summed E-state index contributed by atoms with van der Waals surface area (Å²) in [5.41, 5.74) is 7.86. The van der Waals surface area contributed by atoms with Gasteiger partial charge in [-0.1, -0.05) is 18.2 Å². The van der Waals surface area contributed by atoms with Crippen molar-refractivity contribution in [3.8, 4) is 0 Å². The third-order valence-electron chi connectivity index (χ3n) is 3.19. The summed E-state index contributed by atoms with van der Waals surface area (Å²) in [7, 11) is 0. The van der Waals surface area contributed by atoms with E-state index in [2.05, 4.69) is 11.1 Å². The first kappa shape index (κ1) is 11.5. The molecule has 1 aromatic carbocycles. The van der Waals surface area contributed by atoms with Crippen LogP contribution in [0.4, 0.5) is 23.0 Å². The van der Waals surface area contributed by atoms with E-state index < -0.39 is 4.92 Å². The molecule has 0 amide bonds. The fourth-order valence-corrected chi connectivity index (χ4v) is 2.34. The third-order valence-corrected chi connectivity index (χ3v) is 3.19. The molecule has 0 fully saturated rings. The lowest BCUT2D eigenvalue weighted by Gasteiger charge is -2.18. The Morgan fingerprint density at radius 2 is 2.11 bits per heavy atom. The van der Waals surface area contributed by atoms with Crippen LogP contribution in [-0.4, -0.2) is 16.5 Å². The van der Waals surface area contributed by atoms with E-state index >= 15 is 0 Å². The number of hydrogen-bond acceptors (Lipinski definition) is 5. The van der Waals surface area contributed by atoms with Crippen LogP contribution < -0.4 is 10.6 Å². The van der Waals surface area contributed by atoms with Gasteiger partial charge in [0.05, 0.1) is 17.1 Å². The van der Waals surface area contributed by atoms with Gasteiger partial charge in [-0.2, -0.15) is 0 Å². The first-order valence-electron chi connectivity index (χ1n) is 5.92. The Hall–Kier alpha value is -2.63. The zero-order valence-electron chi connectivity index (χ0n) is 10.1. The molecule has 96 valence electrons. The van der Waals surface area contributed by atoms with Crippen LogP contribution in [-0.2, 0) is 6.42 Å². The summed E-state index contributed by atoms with van der Waals surface area (Å²) in [5, 5.41) is 10.9. The predicted octanol–water partition coefficient (Wildman–Crippen LogP) is 2.27. The Balaban J connectivity index is 2.07. The molecule has 0 bridgehead atoms. The average molecular weight is 256 g/mol. The third kappa shape index (κ3) is 1.97. The molecule has 2 aromatic rings. The Bertz CT molecular complexity index is 657. The largest absolute Gasteiger partial charge is 0.383 e. The van der Waals surface area contributed by atoms with E-state index in [1.54, 1.807) is 0 Å². The molecule has 2 N–H and O–H groups in total. The highest BCUT2D eigenvalue weighted by molar-refractivity contribution is 5.69. The number of nitrogens with zero attached hydrogens (tertiary/aromatic N) is 3. The SMILES string of the molecule is Nc1cc([N+](=O)[O-])cc(N2CCc3ccccc32)n1. The number of nitrogen functional groups attached to an aromatic ring is 1. The topological polar surface area (TPSA) is 85.3 Å². The predicted molar refractivity (Wildman–Crippen MR) is 72.5 cm³/mol. The second-order valence-electron chi connectivity index (χ2n) is 4.40. The van der Waals surface area contributed by atoms with Crippen LogP contribution in [0, 0.1) is 10.1 Å². The fraction of sp³-hybridized carbons (Fsp3) is 0.154. The molecule has 1 aliphatic heterocycles. The van der Waals surface area contributed by atoms with Crippen molar-refractivity contribution in [2.45, 2.75) is 6.42 Å². The molecule has 1 aromatic heterocycles. The monoisotopic (exact) mass is 256 g/mol. The molecule has 6 heteroatoms. The number of fused-ring (bicyclic) bond motifs is 1. The van der Waals surface area contributed by atoms with Crippen LogP contribution in [0.3, 0.4) is 0 Å². The smallest absolute Gasteiger partial charge is 0.276 e. The highest BCUT2D eigenvalue weighted by atomic mass is 16.6. The van der Waals surface area contributed by atoms with Crippen molar-refractivity contribution in [3.05, 3.63) is 52.1 Å². The highest BCUT2D eigenvalue weighted by Crippen LogP contribution is 2.34. The van der Waals surface area contributed by atoms with E-state index in [1.807, 2.05) is 23.1 Å². The minimum Gasteiger partial charge on any atom is -0.383 e. The van der Waals surface area contributed by atoms with Crippen LogP contribution in [0.15, 0.2) is 36.4 Å². The molecule has 0 atom stereocenters. The number of pyridine rings is 1. The van der Waals surface area contributed by atoms with Crippen molar-refractivity contribution in [2.75, 3.05) is 17.2 Å². The number of benzene rings is 1. The summed E-state index contributed by atoms with van der Waals surface area (Å²) in [5.74, 6) is 0.685. The van der Waals surface area contributed by atoms with E-state index in [9.17, 15) is 10.1 Å². The first-order valence-corrected chi connectivity index (χ1v) is 5.92. The summed E-state index contributed by atoms with van der Waals surface area (Å²) < 4.78 is 0. The lowest BCUT2D eigenvalue weighted by molar-refractivity contribution is -0.384. The van der Waals surface area contributed by atoms with Gasteiger partial charge < -0.3 is 10.6 Å². The Kier molecular flexibility index (Phi) is 2.56. The number of anilines is 3. The Morgan fingerprint density at radius 3 is 2.89 bits per heavy atom. The molecule has 0 saturated heterocycles. The van der Waals surface area contributed by atoms with Crippen molar-refractivity contribution in [1.29, 1.82) is 0 Å². The van der Waals surface area contributed by atoms with Crippen LogP contribution >= 0.6 is 0 Å². The lowest BCUT2D eigenvalue weighted by Crippen LogP contribution is -2.15. The number of aromatic nitrogens is 1. The standard InChI is InChI=1S/C13H12N4O2/c14-12-7-10(17(18)19)8-13(15-12)16-6-5-9-3-1-2-4-11(9)16/h1-4,7-8H,5-6H2,(H2,14,15). The molecular weight excluding hydrogens is 244 g/mol. The van der Waals surface area contributed by atoms with Crippen LogP contribution in [0.5, 0.6) is 0 Å². The van der Waals surface area contributed by atoms with Crippen molar-refractivity contribution in [1.82, 2.24) is 4.98 Å². The van der Waals surface area contributed by atoms with Crippen molar-refractivity contribution < 1.29 is 4.92 Å². The van der Waals surface area contributed by atoms with Gasteiger partial charge in [0.15, 0.2) is 0 Å². The molecule has 0 radical (unpaired) electrons. The van der Waals surface area contributed by atoms with Gasteiger partial charge in [-0.3, -0.25) is 10.1 Å². The Morgan fingerprint density at radius 1 is 1.32 bits per heavy atom. The molecule has 0 unspecified atom stereocenters. The van der Waals surface area contributed by atoms with Gasteiger partial charge in [0.25, 0.3) is 5.69 Å². The molecule has 2 heterocycles. The summed E-state index contributed by atoms with van der Waals surface area (Å²) in [4.78, 5) is 16.6. The van der Waals surface area contributed by atoms with Gasteiger partial charge in [-0.05, 0) is 18.1 Å². The fourth-order valence-electron chi connectivity index (χ4n) is 2.34. The van der Waals surface area contributed by atoms with Gasteiger partial charge in [-0.15, -0.1) is 0 Å². The zero-order valence-corrected chi connectivity index (χ0v) is 10.1. The second kappa shape index (κ2) is 4.24. The zero-order chi connectivity index (χ0) is 13.4. The maximum atomic E-state index is 10.9. The number of hydrogen-bond donors (Lipinski definition) is 1. The molecule has 19 heavy (non-hydrogen) atoms. The normalized spacial score (nSPS) is 13.4. The van der Waals surface area contributed by atoms with Crippen LogP contribution in [0.1, 0.15) is 5.56 Å². The van der Waals surface area contributed by atoms with E-state index in [0.717, 1.165) is 18.7 Å². The van der Waals surface area contributed by atoms with E-state index in [0.29, 0.717) is 5.82 Å². The van der Waals surface area contributed by atoms with Crippen molar-refractivity contribution >= 4 is 23.0 Å². The summed E-state index contributed by atoms with van der Waals surface area (Å²) in [6.07, 6.45) is 0.903. The number of para-hydroxylation sites is 1. The second-order valence-corrected chi connectivity index (χ2v) is 4.40. The van der Waals surface area contributed by atoms with Crippen LogP contribution in [0.2, 0.25) is 0 Å². The summed E-state index contributed by atoms with van der Waals surface area (Å²) in [6.45, 7) is 0.757. The molecule has 0 saturated carbocycles. The van der Waals surface area contributed by atoms with Gasteiger partial charge in [0.1, 0.15) is 11.6 Å². The maximum Gasteiger partial charge on any atom is 0.276 e. The van der Waals surface area contributed by atoms with E-state index in [-0.39, 0.29) is 11.5 Å². The van der Waals surface area contributed by atoms with Gasteiger partial charge in [0.2, 0.25) is 0 Å². The highest BCUT2D eigenvalue weighted by Gasteiger charge is 2.22. The van der Waals surface area contributed by atoms with Crippen molar-refractivity contribution in [2.24, 2.45) is 0 Å². The first-order chi connectivity index (χ1) is 9.15. The summed E-state index contributed by atoms with van der Waals surface area (Å²) >= 11 is 0. The molecule has 6 nitrogen and oxygen atoms in total. The molecule has 3 rings (SSSR count). The molecule has 1 aliphatic rings. The average Bonchev–Trinajstić information content (AvgIpc) is 2.81. The minimum atomic E-state index is -0.455. The quantitative estimate of drug-likeness (QED) is 0.658. The number of rotatable bonds is 2. The number of nitrogens with two attached hydrogens (primary N) is 1. The molecular formula is C13H12N4O2. The van der Waals surface area contributed by atoms with Gasteiger partial charge in [-0.25, -0.2) is 4.98 Å². The lowest BCUT2D eigenvalue weighted by atomic mass is 10.2. The molecule has 0 spiro atoms.